The maximum atomic E-state index is 13.7. The summed E-state index contributed by atoms with van der Waals surface area (Å²) in [6.45, 7) is 8.35. The van der Waals surface area contributed by atoms with Crippen LogP contribution in [0.3, 0.4) is 0 Å². The maximum absolute atomic E-state index is 13.7. The highest BCUT2D eigenvalue weighted by atomic mass is 16.2. The highest BCUT2D eigenvalue weighted by Crippen LogP contribution is 2.56. The summed E-state index contributed by atoms with van der Waals surface area (Å²) in [5.41, 5.74) is 6.21. The Hall–Kier alpha value is -6.82. The number of carbonyl (C=O) groups excluding carboxylic acids is 4. The molecule has 12 heteroatoms. The van der Waals surface area contributed by atoms with Crippen molar-refractivity contribution >= 4 is 68.7 Å². The second-order valence-corrected chi connectivity index (χ2v) is 17.8. The number of ketones is 2. The van der Waals surface area contributed by atoms with Crippen LogP contribution in [0.25, 0.3) is 22.1 Å². The molecule has 4 aliphatic heterocycles. The highest BCUT2D eigenvalue weighted by Gasteiger charge is 2.61. The summed E-state index contributed by atoms with van der Waals surface area (Å²) in [5, 5.41) is 12.9. The van der Waals surface area contributed by atoms with Gasteiger partial charge in [-0.25, -0.2) is 9.97 Å². The molecule has 2 amide bonds. The van der Waals surface area contributed by atoms with E-state index in [1.54, 1.807) is 0 Å². The van der Waals surface area contributed by atoms with E-state index in [2.05, 4.69) is 49.0 Å². The van der Waals surface area contributed by atoms with E-state index in [0.29, 0.717) is 48.7 Å². The van der Waals surface area contributed by atoms with Crippen LogP contribution in [-0.2, 0) is 30.3 Å². The molecule has 0 fully saturated rings. The lowest BCUT2D eigenvalue weighted by atomic mass is 9.68. The first kappa shape index (κ1) is 34.4. The van der Waals surface area contributed by atoms with E-state index >= 15 is 0 Å². The van der Waals surface area contributed by atoms with Crippen LogP contribution in [0.15, 0.2) is 120 Å². The Morgan fingerprint density at radius 1 is 0.483 bits per heavy atom. The van der Waals surface area contributed by atoms with Crippen molar-refractivity contribution in [2.24, 2.45) is 10.8 Å². The third-order valence-electron chi connectivity index (χ3n) is 12.6. The topological polar surface area (TPSA) is 152 Å². The molecular formula is C46H40N8O4. The lowest BCUT2D eigenvalue weighted by molar-refractivity contribution is -0.125. The third kappa shape index (κ3) is 4.39. The zero-order valence-corrected chi connectivity index (χ0v) is 32.5. The molecule has 2 aromatic heterocycles. The average molecular weight is 769 g/mol. The van der Waals surface area contributed by atoms with Gasteiger partial charge in [-0.1, -0.05) is 88.4 Å². The first-order valence-electron chi connectivity index (χ1n) is 19.7. The number of benzene rings is 4. The van der Waals surface area contributed by atoms with Gasteiger partial charge in [0.15, 0.2) is 22.6 Å². The normalized spacial score (nSPS) is 24.2. The molecule has 2 spiro atoms. The molecule has 6 aliphatic rings. The number of fused-ring (bicyclic) bond motifs is 14. The van der Waals surface area contributed by atoms with Crippen molar-refractivity contribution in [1.29, 1.82) is 0 Å². The number of Topliss-reactive ketones (excluding diaryl/α,β-unsaturated/α-hetero) is 2. The Kier molecular flexibility index (Phi) is 6.77. The lowest BCUT2D eigenvalue weighted by Gasteiger charge is -2.43. The summed E-state index contributed by atoms with van der Waals surface area (Å²) in [4.78, 5) is 64.0. The minimum Gasteiger partial charge on any atom is -0.329 e. The van der Waals surface area contributed by atoms with E-state index in [9.17, 15) is 19.2 Å². The second kappa shape index (κ2) is 11.4. The average Bonchev–Trinajstić information content (AvgIpc) is 3.89. The zero-order chi connectivity index (χ0) is 39.9. The van der Waals surface area contributed by atoms with Gasteiger partial charge in [0.05, 0.1) is 33.2 Å². The van der Waals surface area contributed by atoms with Gasteiger partial charge < -0.3 is 21.3 Å². The first-order chi connectivity index (χ1) is 27.8. The van der Waals surface area contributed by atoms with Crippen LogP contribution in [0.2, 0.25) is 0 Å². The van der Waals surface area contributed by atoms with Gasteiger partial charge in [-0.15, -0.1) is 0 Å². The maximum Gasteiger partial charge on any atom is 0.260 e. The van der Waals surface area contributed by atoms with Gasteiger partial charge in [-0.3, -0.25) is 28.3 Å². The molecule has 2 aliphatic carbocycles. The van der Waals surface area contributed by atoms with E-state index in [4.69, 9.17) is 9.97 Å². The molecule has 0 bridgehead atoms. The molecule has 12 nitrogen and oxygen atoms in total. The van der Waals surface area contributed by atoms with Crippen molar-refractivity contribution < 1.29 is 19.2 Å². The quantitative estimate of drug-likeness (QED) is 0.123. The van der Waals surface area contributed by atoms with Crippen LogP contribution in [0, 0.1) is 10.8 Å². The Bertz CT molecular complexity index is 2770. The molecule has 0 saturated heterocycles. The molecule has 6 heterocycles. The van der Waals surface area contributed by atoms with E-state index in [0.717, 1.165) is 56.0 Å². The van der Waals surface area contributed by atoms with E-state index in [-0.39, 0.29) is 34.2 Å². The summed E-state index contributed by atoms with van der Waals surface area (Å²) >= 11 is 0. The summed E-state index contributed by atoms with van der Waals surface area (Å²) in [5.74, 6) is 0.818. The number of hydrogen-bond donors (Lipinski definition) is 4. The van der Waals surface area contributed by atoms with Crippen molar-refractivity contribution in [3.05, 3.63) is 131 Å². The van der Waals surface area contributed by atoms with Gasteiger partial charge in [-0.05, 0) is 60.1 Å². The predicted octanol–water partition coefficient (Wildman–Crippen LogP) is 7.60. The van der Waals surface area contributed by atoms with Crippen LogP contribution < -0.4 is 21.3 Å². The van der Waals surface area contributed by atoms with Crippen molar-refractivity contribution in [2.75, 3.05) is 21.3 Å². The third-order valence-corrected chi connectivity index (χ3v) is 12.6. The Morgan fingerprint density at radius 2 is 0.862 bits per heavy atom. The van der Waals surface area contributed by atoms with Crippen molar-refractivity contribution in [3.63, 3.8) is 0 Å². The SMILES string of the molecule is CC1(C)CC(=O)C2=C(C1)Nc1nc3ccccc3n1[C@@]21C(=O)Nc2ccccc21.CC1(C)CC(=O)C2=C(C1)Nc1nc3ccccc3n1[C@]21C(=O)Nc2ccccc21. The number of anilines is 4. The summed E-state index contributed by atoms with van der Waals surface area (Å²) < 4.78 is 3.83. The van der Waals surface area contributed by atoms with Crippen LogP contribution in [0.1, 0.15) is 64.5 Å². The largest absolute Gasteiger partial charge is 0.329 e. The zero-order valence-electron chi connectivity index (χ0n) is 32.5. The number of allylic oxidation sites excluding steroid dienone is 2. The first-order valence-corrected chi connectivity index (χ1v) is 19.7. The van der Waals surface area contributed by atoms with Crippen LogP contribution >= 0.6 is 0 Å². The Morgan fingerprint density at radius 3 is 1.29 bits per heavy atom. The Labute approximate surface area is 333 Å². The molecule has 12 rings (SSSR count). The van der Waals surface area contributed by atoms with Crippen LogP contribution in [0.5, 0.6) is 0 Å². The molecular weight excluding hydrogens is 729 g/mol. The fourth-order valence-corrected chi connectivity index (χ4v) is 10.5. The molecule has 0 unspecified atom stereocenters. The number of nitrogens with zero attached hydrogens (tertiary/aromatic N) is 4. The number of imidazole rings is 2. The van der Waals surface area contributed by atoms with Crippen molar-refractivity contribution in [2.45, 2.75) is 64.5 Å². The van der Waals surface area contributed by atoms with Crippen LogP contribution in [0.4, 0.5) is 23.3 Å². The van der Waals surface area contributed by atoms with Gasteiger partial charge >= 0.3 is 0 Å². The smallest absolute Gasteiger partial charge is 0.260 e. The lowest BCUT2D eigenvalue weighted by Crippen LogP contribution is -2.51. The summed E-state index contributed by atoms with van der Waals surface area (Å²) in [6, 6.07) is 30.8. The number of para-hydroxylation sites is 6. The number of aromatic nitrogens is 4. The van der Waals surface area contributed by atoms with Gasteiger partial charge in [0.25, 0.3) is 11.8 Å². The number of nitrogens with one attached hydrogen (secondary N) is 4. The van der Waals surface area contributed by atoms with Gasteiger partial charge in [-0.2, -0.15) is 0 Å². The molecule has 288 valence electrons. The molecule has 6 aromatic rings. The highest BCUT2D eigenvalue weighted by molar-refractivity contribution is 6.19. The van der Waals surface area contributed by atoms with E-state index in [1.165, 1.54) is 0 Å². The second-order valence-electron chi connectivity index (χ2n) is 17.8. The number of hydrogen-bond acceptors (Lipinski definition) is 8. The van der Waals surface area contributed by atoms with E-state index < -0.39 is 11.1 Å². The molecule has 4 N–H and O–H groups in total. The number of rotatable bonds is 0. The van der Waals surface area contributed by atoms with Crippen molar-refractivity contribution in [1.82, 2.24) is 19.1 Å². The van der Waals surface area contributed by atoms with E-state index in [1.807, 2.05) is 106 Å². The number of carbonyl (C=O) groups is 4. The Balaban J connectivity index is 0.000000133. The fourth-order valence-electron chi connectivity index (χ4n) is 10.5. The van der Waals surface area contributed by atoms with Gasteiger partial charge in [0.2, 0.25) is 11.9 Å². The van der Waals surface area contributed by atoms with Gasteiger partial charge in [0.1, 0.15) is 0 Å². The predicted molar refractivity (Wildman–Crippen MR) is 221 cm³/mol. The minimum atomic E-state index is -1.24. The molecule has 58 heavy (non-hydrogen) atoms. The minimum absolute atomic E-state index is 0.0130. The van der Waals surface area contributed by atoms with Crippen molar-refractivity contribution in [3.8, 4) is 0 Å². The molecule has 2 atom stereocenters. The molecule has 0 radical (unpaired) electrons. The van der Waals surface area contributed by atoms with Crippen LogP contribution in [-0.4, -0.2) is 42.5 Å². The number of amides is 2. The summed E-state index contributed by atoms with van der Waals surface area (Å²) in [7, 11) is 0. The summed E-state index contributed by atoms with van der Waals surface area (Å²) in [6.07, 6.45) is 2.20. The molecule has 0 saturated carbocycles. The monoisotopic (exact) mass is 768 g/mol. The standard InChI is InChI=1S/2C23H20N4O2/c2*1-22(2)11-16-19(18(28)12-22)23(13-7-3-4-8-14(13)24-20(23)29)27-17-10-6-5-9-15(17)25-21(27)26-16/h2*3-10H,11-12H2,1-2H3,(H,24,29)(H,25,26)/t2*23-/m10/s1. The molecule has 4 aromatic carbocycles. The fraction of sp³-hybridized carbons (Fsp3) is 0.261. The van der Waals surface area contributed by atoms with Gasteiger partial charge in [0, 0.05) is 46.7 Å².